The first kappa shape index (κ1) is 16.7. The van der Waals surface area contributed by atoms with Gasteiger partial charge in [-0.05, 0) is 24.1 Å². The van der Waals surface area contributed by atoms with Gasteiger partial charge in [-0.2, -0.15) is 0 Å². The first-order chi connectivity index (χ1) is 11.6. The summed E-state index contributed by atoms with van der Waals surface area (Å²) in [5.41, 5.74) is 2.70. The topological polar surface area (TPSA) is 46.6 Å². The highest BCUT2D eigenvalue weighted by Crippen LogP contribution is 2.33. The number of para-hydroxylation sites is 1. The molecule has 0 fully saturated rings. The van der Waals surface area contributed by atoms with E-state index in [9.17, 15) is 9.59 Å². The monoisotopic (exact) mass is 387 g/mol. The Bertz CT molecular complexity index is 745. The minimum Gasteiger partial charge on any atom is -0.459 e. The lowest BCUT2D eigenvalue weighted by Crippen LogP contribution is -2.46. The summed E-state index contributed by atoms with van der Waals surface area (Å²) in [6.45, 7) is 1.97. The summed E-state index contributed by atoms with van der Waals surface area (Å²) in [5.74, 6) is -0.516. The van der Waals surface area contributed by atoms with Gasteiger partial charge in [0, 0.05) is 12.1 Å². The number of amides is 1. The van der Waals surface area contributed by atoms with Crippen molar-refractivity contribution in [1.29, 1.82) is 0 Å². The van der Waals surface area contributed by atoms with Crippen molar-refractivity contribution < 1.29 is 14.3 Å². The van der Waals surface area contributed by atoms with Gasteiger partial charge in [0.2, 0.25) is 5.91 Å². The highest BCUT2D eigenvalue weighted by molar-refractivity contribution is 9.10. The minimum absolute atomic E-state index is 0.137. The van der Waals surface area contributed by atoms with E-state index in [1.807, 2.05) is 54.6 Å². The van der Waals surface area contributed by atoms with Gasteiger partial charge in [-0.1, -0.05) is 64.5 Å². The number of hydrogen-bond acceptors (Lipinski definition) is 3. The summed E-state index contributed by atoms with van der Waals surface area (Å²) in [7, 11) is 0. The molecule has 1 amide bonds. The second-order valence-electron chi connectivity index (χ2n) is 5.77. The number of ether oxygens (including phenoxy) is 1. The third-order valence-electron chi connectivity index (χ3n) is 4.05. The van der Waals surface area contributed by atoms with E-state index in [-0.39, 0.29) is 23.3 Å². The summed E-state index contributed by atoms with van der Waals surface area (Å²) < 4.78 is 5.46. The largest absolute Gasteiger partial charge is 0.459 e. The average Bonchev–Trinajstić information content (AvgIpc) is 2.99. The van der Waals surface area contributed by atoms with Crippen molar-refractivity contribution in [3.8, 4) is 0 Å². The Labute approximate surface area is 149 Å². The Morgan fingerprint density at radius 2 is 1.83 bits per heavy atom. The number of alkyl halides is 1. The molecule has 0 radical (unpaired) electrons. The summed E-state index contributed by atoms with van der Waals surface area (Å²) in [5, 5.41) is 0. The van der Waals surface area contributed by atoms with Crippen molar-refractivity contribution in [2.75, 3.05) is 4.90 Å². The highest BCUT2D eigenvalue weighted by atomic mass is 79.9. The molecule has 1 unspecified atom stereocenters. The van der Waals surface area contributed by atoms with Crippen molar-refractivity contribution >= 4 is 33.5 Å². The predicted octanol–water partition coefficient (Wildman–Crippen LogP) is 3.47. The Morgan fingerprint density at radius 1 is 1.17 bits per heavy atom. The average molecular weight is 388 g/mol. The zero-order valence-corrected chi connectivity index (χ0v) is 14.9. The van der Waals surface area contributed by atoms with Gasteiger partial charge in [0.25, 0.3) is 0 Å². The molecule has 0 spiro atoms. The molecular formula is C19H18BrNO3. The van der Waals surface area contributed by atoms with E-state index in [1.54, 1.807) is 11.8 Å². The summed E-state index contributed by atoms with van der Waals surface area (Å²) in [4.78, 5) is 26.4. The number of esters is 1. The molecule has 0 saturated heterocycles. The second-order valence-corrected chi connectivity index (χ2v) is 7.14. The first-order valence-electron chi connectivity index (χ1n) is 7.83. The maximum atomic E-state index is 12.6. The Hall–Kier alpha value is -2.14. The lowest BCUT2D eigenvalue weighted by atomic mass is 10.1. The van der Waals surface area contributed by atoms with Crippen LogP contribution in [0.2, 0.25) is 0 Å². The standard InChI is InChI=1S/C19H18BrNO3/c1-13(20)18(22)21-16-10-6-5-9-15(16)11-17(21)19(23)24-12-14-7-3-2-4-8-14/h2-10,13,17H,11-12H2,1H3/t13-,17?/m0/s1. The van der Waals surface area contributed by atoms with Gasteiger partial charge in [-0.25, -0.2) is 4.79 Å². The molecule has 0 saturated carbocycles. The molecule has 0 aliphatic carbocycles. The van der Waals surface area contributed by atoms with E-state index in [2.05, 4.69) is 15.9 Å². The molecule has 2 aromatic carbocycles. The smallest absolute Gasteiger partial charge is 0.329 e. The van der Waals surface area contributed by atoms with E-state index < -0.39 is 6.04 Å². The molecule has 0 aromatic heterocycles. The van der Waals surface area contributed by atoms with Crippen LogP contribution in [-0.2, 0) is 27.4 Å². The third-order valence-corrected chi connectivity index (χ3v) is 4.44. The number of carbonyl (C=O) groups excluding carboxylic acids is 2. The van der Waals surface area contributed by atoms with Crippen LogP contribution in [0.1, 0.15) is 18.1 Å². The molecule has 124 valence electrons. The van der Waals surface area contributed by atoms with E-state index >= 15 is 0 Å². The lowest BCUT2D eigenvalue weighted by molar-refractivity contribution is -0.147. The van der Waals surface area contributed by atoms with E-state index in [1.165, 1.54) is 0 Å². The quantitative estimate of drug-likeness (QED) is 0.595. The van der Waals surface area contributed by atoms with E-state index in [4.69, 9.17) is 4.74 Å². The van der Waals surface area contributed by atoms with Gasteiger partial charge < -0.3 is 4.74 Å². The number of nitrogens with zero attached hydrogens (tertiary/aromatic N) is 1. The highest BCUT2D eigenvalue weighted by Gasteiger charge is 2.40. The fraction of sp³-hybridized carbons (Fsp3) is 0.263. The summed E-state index contributed by atoms with van der Waals surface area (Å²) in [6, 6.07) is 16.5. The first-order valence-corrected chi connectivity index (χ1v) is 8.75. The number of rotatable bonds is 4. The van der Waals surface area contributed by atoms with Crippen LogP contribution >= 0.6 is 15.9 Å². The van der Waals surface area contributed by atoms with Crippen molar-refractivity contribution in [1.82, 2.24) is 0 Å². The van der Waals surface area contributed by atoms with E-state index in [0.29, 0.717) is 6.42 Å². The normalized spacial score (nSPS) is 17.2. The van der Waals surface area contributed by atoms with Gasteiger partial charge >= 0.3 is 5.97 Å². The molecule has 1 heterocycles. The third kappa shape index (κ3) is 3.36. The maximum absolute atomic E-state index is 12.6. The molecule has 4 nitrogen and oxygen atoms in total. The molecule has 24 heavy (non-hydrogen) atoms. The van der Waals surface area contributed by atoms with Crippen LogP contribution < -0.4 is 4.90 Å². The minimum atomic E-state index is -0.612. The number of anilines is 1. The molecule has 3 rings (SSSR count). The second kappa shape index (κ2) is 7.18. The SMILES string of the molecule is C[C@H](Br)C(=O)N1c2ccccc2CC1C(=O)OCc1ccccc1. The predicted molar refractivity (Wildman–Crippen MR) is 96.0 cm³/mol. The molecule has 1 aliphatic rings. The van der Waals surface area contributed by atoms with Crippen LogP contribution in [0.15, 0.2) is 54.6 Å². The van der Waals surface area contributed by atoms with Crippen molar-refractivity contribution in [3.05, 3.63) is 65.7 Å². The maximum Gasteiger partial charge on any atom is 0.329 e. The van der Waals surface area contributed by atoms with Gasteiger partial charge in [0.15, 0.2) is 0 Å². The summed E-state index contributed by atoms with van der Waals surface area (Å²) >= 11 is 3.31. The number of fused-ring (bicyclic) bond motifs is 1. The van der Waals surface area contributed by atoms with Crippen molar-refractivity contribution in [3.63, 3.8) is 0 Å². The number of benzene rings is 2. The Morgan fingerprint density at radius 3 is 2.54 bits per heavy atom. The van der Waals surface area contributed by atoms with Gasteiger partial charge in [-0.15, -0.1) is 0 Å². The van der Waals surface area contributed by atoms with Crippen LogP contribution in [0, 0.1) is 0 Å². The van der Waals surface area contributed by atoms with Gasteiger partial charge in [0.1, 0.15) is 12.6 Å². The van der Waals surface area contributed by atoms with Crippen LogP contribution in [0.25, 0.3) is 0 Å². The Balaban J connectivity index is 1.78. The molecular weight excluding hydrogens is 370 g/mol. The van der Waals surface area contributed by atoms with Crippen molar-refractivity contribution in [2.45, 2.75) is 30.8 Å². The van der Waals surface area contributed by atoms with Gasteiger partial charge in [0.05, 0.1) is 4.83 Å². The molecule has 5 heteroatoms. The zero-order valence-electron chi connectivity index (χ0n) is 13.3. The molecule has 0 N–H and O–H groups in total. The van der Waals surface area contributed by atoms with Crippen LogP contribution in [0.4, 0.5) is 5.69 Å². The van der Waals surface area contributed by atoms with Crippen LogP contribution in [0.5, 0.6) is 0 Å². The van der Waals surface area contributed by atoms with E-state index in [0.717, 1.165) is 16.8 Å². The van der Waals surface area contributed by atoms with Crippen LogP contribution in [0.3, 0.4) is 0 Å². The number of halogens is 1. The molecule has 2 aromatic rings. The van der Waals surface area contributed by atoms with Crippen molar-refractivity contribution in [2.24, 2.45) is 0 Å². The fourth-order valence-corrected chi connectivity index (χ4v) is 3.08. The molecule has 2 atom stereocenters. The molecule has 1 aliphatic heterocycles. The summed E-state index contributed by atoms with van der Waals surface area (Å²) in [6.07, 6.45) is 0.481. The lowest BCUT2D eigenvalue weighted by Gasteiger charge is -2.25. The number of carbonyl (C=O) groups is 2. The van der Waals surface area contributed by atoms with Crippen LogP contribution in [-0.4, -0.2) is 22.7 Å². The Kier molecular flexibility index (Phi) is 5.00. The number of hydrogen-bond donors (Lipinski definition) is 0. The zero-order chi connectivity index (χ0) is 17.1. The fourth-order valence-electron chi connectivity index (χ4n) is 2.86. The molecule has 0 bridgehead atoms. The van der Waals surface area contributed by atoms with Gasteiger partial charge in [-0.3, -0.25) is 9.69 Å².